The van der Waals surface area contributed by atoms with Gasteiger partial charge in [-0.1, -0.05) is 44.4 Å². The van der Waals surface area contributed by atoms with Crippen molar-refractivity contribution in [1.29, 1.82) is 0 Å². The zero-order chi connectivity index (χ0) is 16.9. The minimum absolute atomic E-state index is 0.0254. The first-order valence-electron chi connectivity index (χ1n) is 7.50. The van der Waals surface area contributed by atoms with Crippen LogP contribution in [0.2, 0.25) is 5.02 Å². The Hall–Kier alpha value is -1.16. The van der Waals surface area contributed by atoms with Crippen molar-refractivity contribution < 1.29 is 17.9 Å². The van der Waals surface area contributed by atoms with E-state index >= 15 is 0 Å². The number of hydrogen-bond donors (Lipinski definition) is 0. The van der Waals surface area contributed by atoms with Gasteiger partial charge in [0.1, 0.15) is 5.75 Å². The van der Waals surface area contributed by atoms with Gasteiger partial charge in [-0.05, 0) is 55.0 Å². The maximum atomic E-state index is 12.5. The van der Waals surface area contributed by atoms with Crippen molar-refractivity contribution in [1.82, 2.24) is 0 Å². The van der Waals surface area contributed by atoms with Crippen molar-refractivity contribution >= 4 is 17.2 Å². The SMILES string of the molecule is CCC/C(CC)=C(\CC)c1cc(OC(F)(F)F)c(Cl)cc1C. The number of aryl methyl sites for hydroxylation is 1. The number of ether oxygens (including phenoxy) is 1. The van der Waals surface area contributed by atoms with E-state index in [-0.39, 0.29) is 10.8 Å². The summed E-state index contributed by atoms with van der Waals surface area (Å²) in [5.41, 5.74) is 4.01. The number of allylic oxidation sites excluding steroid dienone is 2. The summed E-state index contributed by atoms with van der Waals surface area (Å²) in [6.07, 6.45) is -1.16. The third kappa shape index (κ3) is 4.94. The average molecular weight is 335 g/mol. The summed E-state index contributed by atoms with van der Waals surface area (Å²) in [6.45, 7) is 8.03. The molecule has 0 radical (unpaired) electrons. The van der Waals surface area contributed by atoms with Crippen LogP contribution in [-0.2, 0) is 0 Å². The lowest BCUT2D eigenvalue weighted by Gasteiger charge is -2.18. The first-order valence-corrected chi connectivity index (χ1v) is 7.88. The molecular weight excluding hydrogens is 313 g/mol. The Bertz CT molecular complexity index is 548. The van der Waals surface area contributed by atoms with Gasteiger partial charge in [-0.2, -0.15) is 0 Å². The van der Waals surface area contributed by atoms with Crippen LogP contribution >= 0.6 is 11.6 Å². The fourth-order valence-electron chi connectivity index (χ4n) is 2.65. The van der Waals surface area contributed by atoms with Gasteiger partial charge in [-0.3, -0.25) is 0 Å². The lowest BCUT2D eigenvalue weighted by atomic mass is 9.90. The molecule has 124 valence electrons. The van der Waals surface area contributed by atoms with Crippen LogP contribution in [0, 0.1) is 6.92 Å². The van der Waals surface area contributed by atoms with Crippen LogP contribution in [0.1, 0.15) is 57.6 Å². The summed E-state index contributed by atoms with van der Waals surface area (Å²) in [4.78, 5) is 0. The monoisotopic (exact) mass is 334 g/mol. The highest BCUT2D eigenvalue weighted by atomic mass is 35.5. The van der Waals surface area contributed by atoms with E-state index in [0.717, 1.165) is 42.4 Å². The van der Waals surface area contributed by atoms with Gasteiger partial charge in [-0.25, -0.2) is 0 Å². The van der Waals surface area contributed by atoms with Crippen LogP contribution in [0.4, 0.5) is 13.2 Å². The van der Waals surface area contributed by atoms with E-state index in [9.17, 15) is 13.2 Å². The molecule has 0 fully saturated rings. The van der Waals surface area contributed by atoms with Gasteiger partial charge in [0, 0.05) is 0 Å². The molecule has 0 aliphatic rings. The Balaban J connectivity index is 3.42. The van der Waals surface area contributed by atoms with Crippen molar-refractivity contribution in [3.05, 3.63) is 33.9 Å². The zero-order valence-electron chi connectivity index (χ0n) is 13.4. The molecule has 1 aromatic carbocycles. The number of rotatable bonds is 6. The minimum Gasteiger partial charge on any atom is -0.404 e. The molecular formula is C17H22ClF3O. The lowest BCUT2D eigenvalue weighted by Crippen LogP contribution is -2.17. The molecule has 1 rings (SSSR count). The minimum atomic E-state index is -4.75. The van der Waals surface area contributed by atoms with Crippen LogP contribution in [0.25, 0.3) is 5.57 Å². The Morgan fingerprint density at radius 3 is 2.23 bits per heavy atom. The Morgan fingerprint density at radius 2 is 1.77 bits per heavy atom. The molecule has 0 amide bonds. The molecule has 5 heteroatoms. The molecule has 0 unspecified atom stereocenters. The van der Waals surface area contributed by atoms with Gasteiger partial charge in [-0.15, -0.1) is 13.2 Å². The molecule has 0 aromatic heterocycles. The standard InChI is InChI=1S/C17H22ClF3O/c1-5-8-12(6-2)13(7-3)14-10-16(22-17(19,20)21)15(18)9-11(14)4/h9-10H,5-8H2,1-4H3/b13-12+. The van der Waals surface area contributed by atoms with Crippen molar-refractivity contribution in [2.75, 3.05) is 0 Å². The highest BCUT2D eigenvalue weighted by Gasteiger charge is 2.32. The average Bonchev–Trinajstić information content (AvgIpc) is 2.41. The van der Waals surface area contributed by atoms with Crippen molar-refractivity contribution in [2.24, 2.45) is 0 Å². The largest absolute Gasteiger partial charge is 0.573 e. The summed E-state index contributed by atoms with van der Waals surface area (Å²) in [5.74, 6) is -0.340. The first kappa shape index (κ1) is 18.9. The van der Waals surface area contributed by atoms with Gasteiger partial charge >= 0.3 is 6.36 Å². The molecule has 0 saturated heterocycles. The molecule has 1 nitrogen and oxygen atoms in total. The van der Waals surface area contributed by atoms with Gasteiger partial charge < -0.3 is 4.74 Å². The molecule has 0 aliphatic carbocycles. The third-order valence-electron chi connectivity index (χ3n) is 3.59. The molecule has 0 spiro atoms. The molecule has 0 heterocycles. The van der Waals surface area contributed by atoms with Crippen LogP contribution in [0.15, 0.2) is 17.7 Å². The van der Waals surface area contributed by atoms with Gasteiger partial charge in [0.2, 0.25) is 0 Å². The van der Waals surface area contributed by atoms with Crippen molar-refractivity contribution in [3.63, 3.8) is 0 Å². The van der Waals surface area contributed by atoms with E-state index in [0.29, 0.717) is 0 Å². The van der Waals surface area contributed by atoms with Crippen LogP contribution in [0.3, 0.4) is 0 Å². The molecule has 0 bridgehead atoms. The second-order valence-corrected chi connectivity index (χ2v) is 5.59. The highest BCUT2D eigenvalue weighted by Crippen LogP contribution is 2.37. The summed E-state index contributed by atoms with van der Waals surface area (Å²) in [6, 6.07) is 2.95. The number of halogens is 4. The maximum absolute atomic E-state index is 12.5. The van der Waals surface area contributed by atoms with E-state index in [1.807, 2.05) is 13.8 Å². The van der Waals surface area contributed by atoms with Crippen LogP contribution < -0.4 is 4.74 Å². The van der Waals surface area contributed by atoms with Crippen molar-refractivity contribution in [3.8, 4) is 5.75 Å². The molecule has 0 atom stereocenters. The topological polar surface area (TPSA) is 9.23 Å². The van der Waals surface area contributed by atoms with E-state index in [1.165, 1.54) is 17.7 Å². The summed E-state index contributed by atoms with van der Waals surface area (Å²) in [5, 5.41) is -0.0254. The molecule has 22 heavy (non-hydrogen) atoms. The quantitative estimate of drug-likeness (QED) is 0.548. The predicted molar refractivity (Wildman–Crippen MR) is 85.3 cm³/mol. The third-order valence-corrected chi connectivity index (χ3v) is 3.88. The van der Waals surface area contributed by atoms with Gasteiger partial charge in [0.25, 0.3) is 0 Å². The predicted octanol–water partition coefficient (Wildman–Crippen LogP) is 6.92. The Kier molecular flexibility index (Phi) is 6.79. The second-order valence-electron chi connectivity index (χ2n) is 5.18. The Morgan fingerprint density at radius 1 is 1.14 bits per heavy atom. The summed E-state index contributed by atoms with van der Waals surface area (Å²) < 4.78 is 41.5. The van der Waals surface area contributed by atoms with E-state index in [1.54, 1.807) is 0 Å². The van der Waals surface area contributed by atoms with Crippen molar-refractivity contribution in [2.45, 2.75) is 59.7 Å². The summed E-state index contributed by atoms with van der Waals surface area (Å²) in [7, 11) is 0. The van der Waals surface area contributed by atoms with E-state index in [4.69, 9.17) is 11.6 Å². The maximum Gasteiger partial charge on any atom is 0.573 e. The highest BCUT2D eigenvalue weighted by molar-refractivity contribution is 6.32. The van der Waals surface area contributed by atoms with Crippen LogP contribution in [-0.4, -0.2) is 6.36 Å². The first-order chi connectivity index (χ1) is 10.2. The molecule has 0 saturated carbocycles. The number of benzene rings is 1. The van der Waals surface area contributed by atoms with Gasteiger partial charge in [0.15, 0.2) is 0 Å². The fraction of sp³-hybridized carbons (Fsp3) is 0.529. The van der Waals surface area contributed by atoms with E-state index < -0.39 is 6.36 Å². The smallest absolute Gasteiger partial charge is 0.404 e. The molecule has 0 N–H and O–H groups in total. The van der Waals surface area contributed by atoms with Crippen LogP contribution in [0.5, 0.6) is 5.75 Å². The Labute approximate surface area is 135 Å². The normalized spacial score (nSPS) is 13.1. The number of alkyl halides is 3. The van der Waals surface area contributed by atoms with E-state index in [2.05, 4.69) is 18.6 Å². The number of hydrogen-bond acceptors (Lipinski definition) is 1. The fourth-order valence-corrected chi connectivity index (χ4v) is 2.91. The summed E-state index contributed by atoms with van der Waals surface area (Å²) >= 11 is 5.89. The van der Waals surface area contributed by atoms with Gasteiger partial charge in [0.05, 0.1) is 5.02 Å². The zero-order valence-corrected chi connectivity index (χ0v) is 14.2. The lowest BCUT2D eigenvalue weighted by molar-refractivity contribution is -0.274. The second kappa shape index (κ2) is 7.91. The molecule has 0 aliphatic heterocycles. The molecule has 1 aromatic rings.